The molecular weight excluding hydrogens is 289 g/mol. The molecule has 6 heteroatoms. The predicted octanol–water partition coefficient (Wildman–Crippen LogP) is 2.58. The van der Waals surface area contributed by atoms with Gasteiger partial charge in [0.2, 0.25) is 5.91 Å². The maximum atomic E-state index is 13.2. The molecule has 0 aliphatic rings. The third kappa shape index (κ3) is 5.81. The average Bonchev–Trinajstić information content (AvgIpc) is 2.47. The van der Waals surface area contributed by atoms with Crippen molar-refractivity contribution in [2.75, 3.05) is 13.2 Å². The number of hydrogen-bond donors (Lipinski definition) is 2. The van der Waals surface area contributed by atoms with Crippen LogP contribution in [0.3, 0.4) is 0 Å². The molecule has 0 saturated heterocycles. The van der Waals surface area contributed by atoms with E-state index in [1.807, 2.05) is 0 Å². The van der Waals surface area contributed by atoms with Gasteiger partial charge in [0.15, 0.2) is 6.04 Å². The molecule has 0 aromatic heterocycles. The molecule has 0 saturated carbocycles. The monoisotopic (exact) mass is 311 g/mol. The van der Waals surface area contributed by atoms with E-state index in [-0.39, 0.29) is 6.61 Å². The number of halogens is 1. The van der Waals surface area contributed by atoms with Gasteiger partial charge in [-0.2, -0.15) is 0 Å². The number of aryl methyl sites for hydroxylation is 1. The highest BCUT2D eigenvalue weighted by molar-refractivity contribution is 5.85. The van der Waals surface area contributed by atoms with Crippen molar-refractivity contribution in [2.24, 2.45) is 0 Å². The number of carboxylic acid groups (broad SMARTS) is 1. The fourth-order valence-corrected chi connectivity index (χ4v) is 1.96. The highest BCUT2D eigenvalue weighted by Gasteiger charge is 2.22. The van der Waals surface area contributed by atoms with E-state index in [0.717, 1.165) is 19.3 Å². The summed E-state index contributed by atoms with van der Waals surface area (Å²) in [7, 11) is 0. The Balaban J connectivity index is 2.59. The van der Waals surface area contributed by atoms with Crippen LogP contribution in [0.5, 0.6) is 0 Å². The van der Waals surface area contributed by atoms with Crippen LogP contribution in [0.25, 0.3) is 0 Å². The standard InChI is InChI=1S/C16H22FNO4/c1-3-4-5-8-22-10-14(19)18-15(16(20)21)12-6-7-13(17)11(2)9-12/h6-7,9,15H,3-5,8,10H2,1-2H3,(H,18,19)(H,20,21). The van der Waals surface area contributed by atoms with Crippen molar-refractivity contribution in [1.29, 1.82) is 0 Å². The van der Waals surface area contributed by atoms with E-state index >= 15 is 0 Å². The van der Waals surface area contributed by atoms with Crippen LogP contribution < -0.4 is 5.32 Å². The zero-order valence-electron chi connectivity index (χ0n) is 12.9. The minimum Gasteiger partial charge on any atom is -0.479 e. The number of carboxylic acids is 1. The number of unbranched alkanes of at least 4 members (excludes halogenated alkanes) is 2. The molecule has 0 radical (unpaired) electrons. The summed E-state index contributed by atoms with van der Waals surface area (Å²) >= 11 is 0. The second kappa shape index (κ2) is 9.15. The van der Waals surface area contributed by atoms with Gasteiger partial charge in [0.05, 0.1) is 0 Å². The molecule has 2 N–H and O–H groups in total. The van der Waals surface area contributed by atoms with Crippen molar-refractivity contribution in [2.45, 2.75) is 39.2 Å². The number of benzene rings is 1. The molecule has 0 spiro atoms. The van der Waals surface area contributed by atoms with E-state index in [4.69, 9.17) is 4.74 Å². The highest BCUT2D eigenvalue weighted by atomic mass is 19.1. The van der Waals surface area contributed by atoms with Crippen molar-refractivity contribution in [3.8, 4) is 0 Å². The fraction of sp³-hybridized carbons (Fsp3) is 0.500. The molecule has 0 aliphatic carbocycles. The summed E-state index contributed by atoms with van der Waals surface area (Å²) in [4.78, 5) is 23.0. The van der Waals surface area contributed by atoms with Gasteiger partial charge in [0, 0.05) is 6.61 Å². The van der Waals surface area contributed by atoms with E-state index in [0.29, 0.717) is 17.7 Å². The lowest BCUT2D eigenvalue weighted by Crippen LogP contribution is -2.36. The predicted molar refractivity (Wildman–Crippen MR) is 80.0 cm³/mol. The zero-order chi connectivity index (χ0) is 16.5. The first-order valence-electron chi connectivity index (χ1n) is 7.31. The number of hydrogen-bond acceptors (Lipinski definition) is 3. The van der Waals surface area contributed by atoms with E-state index in [1.165, 1.54) is 25.1 Å². The quantitative estimate of drug-likeness (QED) is 0.687. The summed E-state index contributed by atoms with van der Waals surface area (Å²) in [5.41, 5.74) is 0.652. The van der Waals surface area contributed by atoms with Crippen LogP contribution in [0.1, 0.15) is 43.4 Å². The Morgan fingerprint density at radius 3 is 2.68 bits per heavy atom. The lowest BCUT2D eigenvalue weighted by molar-refractivity contribution is -0.142. The topological polar surface area (TPSA) is 75.6 Å². The Labute approximate surface area is 129 Å². The molecule has 5 nitrogen and oxygen atoms in total. The number of carbonyl (C=O) groups is 2. The summed E-state index contributed by atoms with van der Waals surface area (Å²) in [6.45, 7) is 3.88. The molecule has 22 heavy (non-hydrogen) atoms. The molecule has 1 amide bonds. The first kappa shape index (κ1) is 18.1. The second-order valence-electron chi connectivity index (χ2n) is 5.11. The molecule has 1 aromatic carbocycles. The Hall–Kier alpha value is -1.95. The molecule has 1 aromatic rings. The summed E-state index contributed by atoms with van der Waals surface area (Å²) in [5, 5.41) is 11.6. The lowest BCUT2D eigenvalue weighted by Gasteiger charge is -2.15. The Morgan fingerprint density at radius 1 is 1.36 bits per heavy atom. The molecule has 0 fully saturated rings. The number of rotatable bonds is 9. The van der Waals surface area contributed by atoms with Crippen LogP contribution in [0.15, 0.2) is 18.2 Å². The van der Waals surface area contributed by atoms with Gasteiger partial charge in [0.25, 0.3) is 0 Å². The van der Waals surface area contributed by atoms with Gasteiger partial charge in [-0.3, -0.25) is 4.79 Å². The molecule has 0 heterocycles. The van der Waals surface area contributed by atoms with Gasteiger partial charge in [-0.15, -0.1) is 0 Å². The lowest BCUT2D eigenvalue weighted by atomic mass is 10.0. The van der Waals surface area contributed by atoms with Crippen molar-refractivity contribution in [3.05, 3.63) is 35.1 Å². The minimum absolute atomic E-state index is 0.187. The van der Waals surface area contributed by atoms with Crippen molar-refractivity contribution < 1.29 is 23.8 Å². The van der Waals surface area contributed by atoms with Crippen molar-refractivity contribution in [3.63, 3.8) is 0 Å². The number of nitrogens with one attached hydrogen (secondary N) is 1. The number of aliphatic carboxylic acids is 1. The first-order valence-corrected chi connectivity index (χ1v) is 7.31. The fourth-order valence-electron chi connectivity index (χ4n) is 1.96. The number of amides is 1. The van der Waals surface area contributed by atoms with Gasteiger partial charge in [-0.1, -0.05) is 31.9 Å². The van der Waals surface area contributed by atoms with Crippen molar-refractivity contribution >= 4 is 11.9 Å². The molecule has 0 bridgehead atoms. The third-order valence-corrected chi connectivity index (χ3v) is 3.19. The molecule has 122 valence electrons. The zero-order valence-corrected chi connectivity index (χ0v) is 12.9. The van der Waals surface area contributed by atoms with Gasteiger partial charge < -0.3 is 15.2 Å². The maximum absolute atomic E-state index is 13.2. The molecular formula is C16H22FNO4. The Bertz CT molecular complexity index is 519. The van der Waals surface area contributed by atoms with Crippen LogP contribution in [-0.4, -0.2) is 30.2 Å². The van der Waals surface area contributed by atoms with E-state index in [9.17, 15) is 19.1 Å². The molecule has 1 rings (SSSR count). The van der Waals surface area contributed by atoms with Crippen molar-refractivity contribution in [1.82, 2.24) is 5.32 Å². The van der Waals surface area contributed by atoms with Crippen LogP contribution in [0.4, 0.5) is 4.39 Å². The first-order chi connectivity index (χ1) is 10.5. The molecule has 0 aliphatic heterocycles. The minimum atomic E-state index is -1.22. The van der Waals surface area contributed by atoms with Crippen LogP contribution in [0.2, 0.25) is 0 Å². The van der Waals surface area contributed by atoms with E-state index in [1.54, 1.807) is 0 Å². The smallest absolute Gasteiger partial charge is 0.330 e. The van der Waals surface area contributed by atoms with Gasteiger partial charge in [-0.05, 0) is 30.5 Å². The van der Waals surface area contributed by atoms with Gasteiger partial charge >= 0.3 is 5.97 Å². The van der Waals surface area contributed by atoms with Crippen LogP contribution in [0, 0.1) is 12.7 Å². The maximum Gasteiger partial charge on any atom is 0.330 e. The second-order valence-corrected chi connectivity index (χ2v) is 5.11. The van der Waals surface area contributed by atoms with Gasteiger partial charge in [0.1, 0.15) is 12.4 Å². The number of carbonyl (C=O) groups excluding carboxylic acids is 1. The molecule has 1 atom stereocenters. The average molecular weight is 311 g/mol. The van der Waals surface area contributed by atoms with Crippen LogP contribution >= 0.6 is 0 Å². The SMILES string of the molecule is CCCCCOCC(=O)NC(C(=O)O)c1ccc(F)c(C)c1. The normalized spacial score (nSPS) is 12.0. The molecule has 1 unspecified atom stereocenters. The highest BCUT2D eigenvalue weighted by Crippen LogP contribution is 2.17. The number of ether oxygens (including phenoxy) is 1. The summed E-state index contributed by atoms with van der Waals surface area (Å²) < 4.78 is 18.4. The van der Waals surface area contributed by atoms with Gasteiger partial charge in [-0.25, -0.2) is 9.18 Å². The summed E-state index contributed by atoms with van der Waals surface area (Å²) in [6.07, 6.45) is 2.94. The Morgan fingerprint density at radius 2 is 2.09 bits per heavy atom. The summed E-state index contributed by atoms with van der Waals surface area (Å²) in [6, 6.07) is 2.74. The van der Waals surface area contributed by atoms with E-state index < -0.39 is 23.7 Å². The third-order valence-electron chi connectivity index (χ3n) is 3.19. The van der Waals surface area contributed by atoms with E-state index in [2.05, 4.69) is 12.2 Å². The Kier molecular flexibility index (Phi) is 7.52. The van der Waals surface area contributed by atoms with Crippen LogP contribution in [-0.2, 0) is 14.3 Å². The largest absolute Gasteiger partial charge is 0.479 e. The summed E-state index contributed by atoms with van der Waals surface area (Å²) in [5.74, 6) is -2.13.